The van der Waals surface area contributed by atoms with Crippen molar-refractivity contribution in [1.29, 1.82) is 0 Å². The lowest BCUT2D eigenvalue weighted by Gasteiger charge is -2.03. The zero-order valence-electron chi connectivity index (χ0n) is 8.07. The average molecular weight is 183 g/mol. The SMILES string of the molecule is CC(=O)Cc1nc(CN(C)C)no1. The largest absolute Gasteiger partial charge is 0.339 e. The zero-order chi connectivity index (χ0) is 9.84. The fourth-order valence-corrected chi connectivity index (χ4v) is 0.922. The van der Waals surface area contributed by atoms with Crippen LogP contribution in [0.2, 0.25) is 0 Å². The summed E-state index contributed by atoms with van der Waals surface area (Å²) in [6, 6.07) is 0. The summed E-state index contributed by atoms with van der Waals surface area (Å²) in [7, 11) is 3.84. The van der Waals surface area contributed by atoms with Gasteiger partial charge in [-0.2, -0.15) is 4.98 Å². The Labute approximate surface area is 76.7 Å². The predicted molar refractivity (Wildman–Crippen MR) is 46.1 cm³/mol. The van der Waals surface area contributed by atoms with Gasteiger partial charge in [0.2, 0.25) is 5.89 Å². The van der Waals surface area contributed by atoms with E-state index in [0.29, 0.717) is 18.3 Å². The van der Waals surface area contributed by atoms with E-state index in [2.05, 4.69) is 10.1 Å². The summed E-state index contributed by atoms with van der Waals surface area (Å²) in [5.74, 6) is 1.03. The van der Waals surface area contributed by atoms with Crippen molar-refractivity contribution < 1.29 is 9.32 Å². The third-order valence-corrected chi connectivity index (χ3v) is 1.37. The molecule has 0 aromatic carbocycles. The van der Waals surface area contributed by atoms with Crippen LogP contribution in [-0.4, -0.2) is 34.9 Å². The second kappa shape index (κ2) is 4.13. The maximum atomic E-state index is 10.7. The van der Waals surface area contributed by atoms with Crippen molar-refractivity contribution in [3.05, 3.63) is 11.7 Å². The average Bonchev–Trinajstić information content (AvgIpc) is 2.33. The van der Waals surface area contributed by atoms with Crippen molar-refractivity contribution in [2.45, 2.75) is 19.9 Å². The van der Waals surface area contributed by atoms with E-state index < -0.39 is 0 Å². The van der Waals surface area contributed by atoms with E-state index in [9.17, 15) is 4.79 Å². The van der Waals surface area contributed by atoms with E-state index in [0.717, 1.165) is 0 Å². The molecule has 0 unspecified atom stereocenters. The number of carbonyl (C=O) groups is 1. The van der Waals surface area contributed by atoms with Crippen LogP contribution in [0.3, 0.4) is 0 Å². The molecule has 0 bridgehead atoms. The normalized spacial score (nSPS) is 10.8. The molecule has 0 aliphatic rings. The molecule has 13 heavy (non-hydrogen) atoms. The lowest BCUT2D eigenvalue weighted by molar-refractivity contribution is -0.116. The van der Waals surface area contributed by atoms with Crippen LogP contribution in [0.25, 0.3) is 0 Å². The van der Waals surface area contributed by atoms with Crippen LogP contribution in [0.4, 0.5) is 0 Å². The molecule has 1 aromatic heterocycles. The Balaban J connectivity index is 2.58. The van der Waals surface area contributed by atoms with Gasteiger partial charge in [-0.1, -0.05) is 5.16 Å². The first-order chi connectivity index (χ1) is 6.08. The standard InChI is InChI=1S/C8H13N3O2/c1-6(12)4-8-9-7(10-13-8)5-11(2)3/h4-5H2,1-3H3. The van der Waals surface area contributed by atoms with Crippen molar-refractivity contribution in [2.24, 2.45) is 0 Å². The summed E-state index contributed by atoms with van der Waals surface area (Å²) in [5, 5.41) is 3.73. The quantitative estimate of drug-likeness (QED) is 0.670. The molecule has 0 atom stereocenters. The van der Waals surface area contributed by atoms with Gasteiger partial charge in [0.15, 0.2) is 5.82 Å². The number of rotatable bonds is 4. The van der Waals surface area contributed by atoms with Gasteiger partial charge in [0.1, 0.15) is 5.78 Å². The van der Waals surface area contributed by atoms with E-state index in [1.807, 2.05) is 19.0 Å². The molecule has 5 nitrogen and oxygen atoms in total. The first kappa shape index (κ1) is 9.85. The smallest absolute Gasteiger partial charge is 0.234 e. The summed E-state index contributed by atoms with van der Waals surface area (Å²) >= 11 is 0. The Kier molecular flexibility index (Phi) is 3.13. The first-order valence-corrected chi connectivity index (χ1v) is 4.03. The number of Topliss-reactive ketones (excluding diaryl/α,β-unsaturated/α-hetero) is 1. The van der Waals surface area contributed by atoms with Gasteiger partial charge in [0, 0.05) is 0 Å². The lowest BCUT2D eigenvalue weighted by Crippen LogP contribution is -2.11. The Hall–Kier alpha value is -1.23. The fraction of sp³-hybridized carbons (Fsp3) is 0.625. The first-order valence-electron chi connectivity index (χ1n) is 4.03. The van der Waals surface area contributed by atoms with Crippen molar-refractivity contribution in [3.8, 4) is 0 Å². The van der Waals surface area contributed by atoms with Crippen LogP contribution in [0.1, 0.15) is 18.6 Å². The maximum absolute atomic E-state index is 10.7. The Bertz CT molecular complexity index is 293. The van der Waals surface area contributed by atoms with E-state index in [1.54, 1.807) is 0 Å². The molecule has 0 fully saturated rings. The van der Waals surface area contributed by atoms with E-state index in [4.69, 9.17) is 4.52 Å². The lowest BCUT2D eigenvalue weighted by atomic mass is 10.3. The number of hydrogen-bond acceptors (Lipinski definition) is 5. The maximum Gasteiger partial charge on any atom is 0.234 e. The molecule has 5 heteroatoms. The van der Waals surface area contributed by atoms with Gasteiger partial charge in [-0.25, -0.2) is 0 Å². The summed E-state index contributed by atoms with van der Waals surface area (Å²) in [5.41, 5.74) is 0. The monoisotopic (exact) mass is 183 g/mol. The predicted octanol–water partition coefficient (Wildman–Crippen LogP) is 0.263. The molecule has 0 saturated carbocycles. The van der Waals surface area contributed by atoms with Gasteiger partial charge in [-0.15, -0.1) is 0 Å². The van der Waals surface area contributed by atoms with Crippen LogP contribution in [-0.2, 0) is 17.8 Å². The van der Waals surface area contributed by atoms with Crippen molar-refractivity contribution in [3.63, 3.8) is 0 Å². The molecule has 0 amide bonds. The van der Waals surface area contributed by atoms with Crippen molar-refractivity contribution in [1.82, 2.24) is 15.0 Å². The van der Waals surface area contributed by atoms with Gasteiger partial charge in [-0.3, -0.25) is 4.79 Å². The van der Waals surface area contributed by atoms with Crippen molar-refractivity contribution in [2.75, 3.05) is 14.1 Å². The zero-order valence-corrected chi connectivity index (χ0v) is 8.07. The second-order valence-electron chi connectivity index (χ2n) is 3.22. The summed E-state index contributed by atoms with van der Waals surface area (Å²) in [6.07, 6.45) is 0.223. The minimum atomic E-state index is 0.0278. The molecular weight excluding hydrogens is 170 g/mol. The van der Waals surface area contributed by atoms with Crippen molar-refractivity contribution >= 4 is 5.78 Å². The Morgan fingerprint density at radius 1 is 1.54 bits per heavy atom. The minimum Gasteiger partial charge on any atom is -0.339 e. The highest BCUT2D eigenvalue weighted by Crippen LogP contribution is 2.00. The van der Waals surface area contributed by atoms with Gasteiger partial charge in [0.05, 0.1) is 13.0 Å². The van der Waals surface area contributed by atoms with Crippen LogP contribution in [0, 0.1) is 0 Å². The molecule has 0 spiro atoms. The van der Waals surface area contributed by atoms with Gasteiger partial charge < -0.3 is 9.42 Å². The van der Waals surface area contributed by atoms with Gasteiger partial charge in [0.25, 0.3) is 0 Å². The second-order valence-corrected chi connectivity index (χ2v) is 3.22. The highest BCUT2D eigenvalue weighted by atomic mass is 16.5. The summed E-state index contributed by atoms with van der Waals surface area (Å²) in [6.45, 7) is 2.12. The molecule has 0 aliphatic carbocycles. The van der Waals surface area contributed by atoms with Crippen LogP contribution < -0.4 is 0 Å². The van der Waals surface area contributed by atoms with Crippen LogP contribution >= 0.6 is 0 Å². The molecule has 0 aliphatic heterocycles. The highest BCUT2D eigenvalue weighted by Gasteiger charge is 2.08. The van der Waals surface area contributed by atoms with Crippen LogP contribution in [0.5, 0.6) is 0 Å². The third-order valence-electron chi connectivity index (χ3n) is 1.37. The Morgan fingerprint density at radius 2 is 2.23 bits per heavy atom. The molecule has 0 saturated heterocycles. The number of carbonyl (C=O) groups excluding carboxylic acids is 1. The van der Waals surface area contributed by atoms with Crippen LogP contribution in [0.15, 0.2) is 4.52 Å². The number of hydrogen-bond donors (Lipinski definition) is 0. The molecular formula is C8H13N3O2. The molecule has 1 heterocycles. The fourth-order valence-electron chi connectivity index (χ4n) is 0.922. The van der Waals surface area contributed by atoms with Gasteiger partial charge >= 0.3 is 0 Å². The van der Waals surface area contributed by atoms with E-state index in [1.165, 1.54) is 6.92 Å². The molecule has 0 radical (unpaired) electrons. The summed E-state index contributed by atoms with van der Waals surface area (Å²) < 4.78 is 4.87. The number of aromatic nitrogens is 2. The Morgan fingerprint density at radius 3 is 2.77 bits per heavy atom. The molecule has 72 valence electrons. The van der Waals surface area contributed by atoms with E-state index >= 15 is 0 Å². The highest BCUT2D eigenvalue weighted by molar-refractivity contribution is 5.77. The summed E-state index contributed by atoms with van der Waals surface area (Å²) in [4.78, 5) is 16.7. The van der Waals surface area contributed by atoms with Gasteiger partial charge in [-0.05, 0) is 21.0 Å². The molecule has 0 N–H and O–H groups in total. The number of nitrogens with zero attached hydrogens (tertiary/aromatic N) is 3. The third kappa shape index (κ3) is 3.33. The minimum absolute atomic E-state index is 0.0278. The van der Waals surface area contributed by atoms with E-state index in [-0.39, 0.29) is 12.2 Å². The molecule has 1 rings (SSSR count). The number of ketones is 1. The topological polar surface area (TPSA) is 59.2 Å². The molecule has 1 aromatic rings.